The molecule has 0 aromatic heterocycles. The van der Waals surface area contributed by atoms with Crippen molar-refractivity contribution in [3.63, 3.8) is 0 Å². The van der Waals surface area contributed by atoms with Gasteiger partial charge < -0.3 is 15.3 Å². The lowest BCUT2D eigenvalue weighted by Crippen LogP contribution is -2.55. The van der Waals surface area contributed by atoms with Gasteiger partial charge >= 0.3 is 12.0 Å². The second-order valence-electron chi connectivity index (χ2n) is 6.37. The van der Waals surface area contributed by atoms with Crippen LogP contribution in [0.5, 0.6) is 0 Å². The predicted octanol–water partition coefficient (Wildman–Crippen LogP) is 2.60. The Morgan fingerprint density at radius 2 is 1.95 bits per heavy atom. The Morgan fingerprint density at radius 1 is 1.30 bits per heavy atom. The van der Waals surface area contributed by atoms with Crippen LogP contribution in [-0.4, -0.2) is 40.6 Å². The minimum absolute atomic E-state index is 0.0544. The molecule has 2 rings (SSSR count). The van der Waals surface area contributed by atoms with Gasteiger partial charge in [0, 0.05) is 13.1 Å². The lowest BCUT2D eigenvalue weighted by Gasteiger charge is -2.43. The molecular weight excluding hydrogens is 256 g/mol. The highest BCUT2D eigenvalue weighted by Crippen LogP contribution is 2.37. The summed E-state index contributed by atoms with van der Waals surface area (Å²) < 4.78 is 0. The number of carbonyl (C=O) groups is 2. The largest absolute Gasteiger partial charge is 0.481 e. The molecule has 20 heavy (non-hydrogen) atoms. The van der Waals surface area contributed by atoms with Crippen molar-refractivity contribution < 1.29 is 14.7 Å². The van der Waals surface area contributed by atoms with E-state index in [1.165, 1.54) is 0 Å². The van der Waals surface area contributed by atoms with Crippen LogP contribution >= 0.6 is 0 Å². The van der Waals surface area contributed by atoms with Gasteiger partial charge in [-0.2, -0.15) is 0 Å². The Labute approximate surface area is 120 Å². The molecule has 2 saturated carbocycles. The van der Waals surface area contributed by atoms with E-state index in [4.69, 9.17) is 0 Å². The van der Waals surface area contributed by atoms with Crippen molar-refractivity contribution >= 4 is 12.0 Å². The lowest BCUT2D eigenvalue weighted by molar-refractivity contribution is -0.140. The van der Waals surface area contributed by atoms with Crippen molar-refractivity contribution in [2.45, 2.75) is 69.9 Å². The number of amides is 2. The number of urea groups is 1. The second kappa shape index (κ2) is 6.02. The van der Waals surface area contributed by atoms with Crippen LogP contribution in [0, 0.1) is 5.92 Å². The van der Waals surface area contributed by atoms with Gasteiger partial charge in [0.05, 0.1) is 12.0 Å². The third-order valence-electron chi connectivity index (χ3n) is 5.04. The first-order valence-electron chi connectivity index (χ1n) is 7.74. The predicted molar refractivity (Wildman–Crippen MR) is 76.5 cm³/mol. The highest BCUT2D eigenvalue weighted by Gasteiger charge is 2.43. The zero-order chi connectivity index (χ0) is 14.8. The number of hydrogen-bond acceptors (Lipinski definition) is 2. The highest BCUT2D eigenvalue weighted by atomic mass is 16.4. The molecule has 0 radical (unpaired) electrons. The van der Waals surface area contributed by atoms with Gasteiger partial charge in [0.1, 0.15) is 0 Å². The average Bonchev–Trinajstić information content (AvgIpc) is 3.16. The topological polar surface area (TPSA) is 69.6 Å². The molecule has 0 saturated heterocycles. The van der Waals surface area contributed by atoms with Crippen LogP contribution in [0.4, 0.5) is 4.79 Å². The van der Waals surface area contributed by atoms with Gasteiger partial charge in [-0.25, -0.2) is 4.79 Å². The molecule has 5 heteroatoms. The monoisotopic (exact) mass is 282 g/mol. The van der Waals surface area contributed by atoms with Crippen LogP contribution in [0.2, 0.25) is 0 Å². The van der Waals surface area contributed by atoms with Crippen LogP contribution < -0.4 is 5.32 Å². The first-order chi connectivity index (χ1) is 9.48. The fraction of sp³-hybridized carbons (Fsp3) is 0.867. The fourth-order valence-electron chi connectivity index (χ4n) is 3.47. The smallest absolute Gasteiger partial charge is 0.317 e. The number of carboxylic acid groups (broad SMARTS) is 1. The Bertz CT molecular complexity index is 377. The van der Waals surface area contributed by atoms with Gasteiger partial charge in [0.25, 0.3) is 0 Å². The van der Waals surface area contributed by atoms with Crippen molar-refractivity contribution in [3.05, 3.63) is 0 Å². The maximum Gasteiger partial charge on any atom is 0.317 e. The third-order valence-corrected chi connectivity index (χ3v) is 5.04. The van der Waals surface area contributed by atoms with Gasteiger partial charge in [0.15, 0.2) is 0 Å². The summed E-state index contributed by atoms with van der Waals surface area (Å²) in [4.78, 5) is 25.2. The Balaban J connectivity index is 2.00. The second-order valence-corrected chi connectivity index (χ2v) is 6.37. The molecule has 2 aliphatic carbocycles. The van der Waals surface area contributed by atoms with Gasteiger partial charge in [-0.15, -0.1) is 0 Å². The molecule has 114 valence electrons. The van der Waals surface area contributed by atoms with E-state index in [0.29, 0.717) is 12.0 Å². The summed E-state index contributed by atoms with van der Waals surface area (Å²) in [5, 5.41) is 12.2. The van der Waals surface area contributed by atoms with E-state index < -0.39 is 11.5 Å². The summed E-state index contributed by atoms with van der Waals surface area (Å²) in [6.45, 7) is 2.13. The minimum Gasteiger partial charge on any atom is -0.481 e. The quantitative estimate of drug-likeness (QED) is 0.814. The van der Waals surface area contributed by atoms with Crippen molar-refractivity contribution in [2.75, 3.05) is 7.05 Å². The molecule has 2 unspecified atom stereocenters. The SMILES string of the molecule is CCC1CC1NC(=O)N(C)C1(CC(=O)O)CCCCC1. The summed E-state index contributed by atoms with van der Waals surface area (Å²) in [6.07, 6.45) is 6.95. The third kappa shape index (κ3) is 3.25. The number of aliphatic carboxylic acids is 1. The lowest BCUT2D eigenvalue weighted by atomic mass is 9.78. The zero-order valence-electron chi connectivity index (χ0n) is 12.5. The summed E-state index contributed by atoms with van der Waals surface area (Å²) >= 11 is 0. The van der Waals surface area contributed by atoms with Crippen molar-refractivity contribution in [1.82, 2.24) is 10.2 Å². The molecule has 2 fully saturated rings. The molecule has 0 spiro atoms. The van der Waals surface area contributed by atoms with E-state index in [9.17, 15) is 14.7 Å². The summed E-state index contributed by atoms with van der Waals surface area (Å²) in [5.74, 6) is -0.210. The number of rotatable bonds is 5. The molecule has 2 aliphatic rings. The summed E-state index contributed by atoms with van der Waals surface area (Å²) in [7, 11) is 1.76. The standard InChI is InChI=1S/C15H26N2O3/c1-3-11-9-12(11)16-14(20)17(2)15(10-13(18)19)7-5-4-6-8-15/h11-12H,3-10H2,1-2H3,(H,16,20)(H,18,19). The highest BCUT2D eigenvalue weighted by molar-refractivity contribution is 5.77. The summed E-state index contributed by atoms with van der Waals surface area (Å²) in [5.41, 5.74) is -0.495. The number of carbonyl (C=O) groups excluding carboxylic acids is 1. The van der Waals surface area contributed by atoms with Crippen LogP contribution in [0.3, 0.4) is 0 Å². The van der Waals surface area contributed by atoms with Crippen LogP contribution in [0.15, 0.2) is 0 Å². The van der Waals surface area contributed by atoms with Crippen LogP contribution in [-0.2, 0) is 4.79 Å². The molecule has 5 nitrogen and oxygen atoms in total. The van der Waals surface area contributed by atoms with E-state index in [1.54, 1.807) is 11.9 Å². The molecule has 0 aromatic rings. The number of carboxylic acids is 1. The van der Waals surface area contributed by atoms with Gasteiger partial charge in [0.2, 0.25) is 0 Å². The van der Waals surface area contributed by atoms with Crippen LogP contribution in [0.1, 0.15) is 58.3 Å². The zero-order valence-corrected chi connectivity index (χ0v) is 12.5. The maximum atomic E-state index is 12.4. The molecule has 2 N–H and O–H groups in total. The van der Waals surface area contributed by atoms with E-state index >= 15 is 0 Å². The van der Waals surface area contributed by atoms with Crippen LogP contribution in [0.25, 0.3) is 0 Å². The Kier molecular flexibility index (Phi) is 4.55. The first kappa shape index (κ1) is 15.1. The molecule has 0 bridgehead atoms. The molecule has 0 aromatic carbocycles. The van der Waals surface area contributed by atoms with Gasteiger partial charge in [-0.05, 0) is 25.2 Å². The summed E-state index contributed by atoms with van der Waals surface area (Å²) in [6, 6.07) is 0.189. The fourth-order valence-corrected chi connectivity index (χ4v) is 3.47. The molecule has 2 amide bonds. The molecular formula is C15H26N2O3. The number of hydrogen-bond donors (Lipinski definition) is 2. The average molecular weight is 282 g/mol. The minimum atomic E-state index is -0.815. The maximum absolute atomic E-state index is 12.4. The van der Waals surface area contributed by atoms with E-state index in [2.05, 4.69) is 12.2 Å². The van der Waals surface area contributed by atoms with Crippen molar-refractivity contribution in [1.29, 1.82) is 0 Å². The number of nitrogens with one attached hydrogen (secondary N) is 1. The molecule has 0 heterocycles. The number of nitrogens with zero attached hydrogens (tertiary/aromatic N) is 1. The molecule has 2 atom stereocenters. The van der Waals surface area contributed by atoms with E-state index in [-0.39, 0.29) is 12.5 Å². The Morgan fingerprint density at radius 3 is 2.45 bits per heavy atom. The van der Waals surface area contributed by atoms with Crippen molar-refractivity contribution in [3.8, 4) is 0 Å². The van der Waals surface area contributed by atoms with Gasteiger partial charge in [-0.3, -0.25) is 4.79 Å². The Hall–Kier alpha value is -1.26. The molecule has 0 aliphatic heterocycles. The van der Waals surface area contributed by atoms with Gasteiger partial charge in [-0.1, -0.05) is 32.6 Å². The van der Waals surface area contributed by atoms with E-state index in [1.807, 2.05) is 0 Å². The first-order valence-corrected chi connectivity index (χ1v) is 7.74. The van der Waals surface area contributed by atoms with Crippen molar-refractivity contribution in [2.24, 2.45) is 5.92 Å². The van der Waals surface area contributed by atoms with E-state index in [0.717, 1.165) is 44.9 Å². The normalized spacial score (nSPS) is 27.7.